The first kappa shape index (κ1) is 14.1. The van der Waals surface area contributed by atoms with E-state index in [9.17, 15) is 4.79 Å². The third-order valence-corrected chi connectivity index (χ3v) is 3.89. The van der Waals surface area contributed by atoms with Crippen molar-refractivity contribution in [3.63, 3.8) is 0 Å². The zero-order chi connectivity index (χ0) is 14.7. The topological polar surface area (TPSA) is 67.8 Å². The highest BCUT2D eigenvalue weighted by molar-refractivity contribution is 5.82. The molecule has 0 spiro atoms. The lowest BCUT2D eigenvalue weighted by Crippen LogP contribution is -2.51. The third kappa shape index (κ3) is 3.07. The van der Waals surface area contributed by atoms with Crippen molar-refractivity contribution in [2.75, 3.05) is 44.8 Å². The quantitative estimate of drug-likeness (QED) is 0.799. The van der Waals surface area contributed by atoms with Crippen molar-refractivity contribution in [3.05, 3.63) is 12.4 Å². The molecule has 114 valence electrons. The van der Waals surface area contributed by atoms with Gasteiger partial charge in [-0.25, -0.2) is 9.97 Å². The zero-order valence-corrected chi connectivity index (χ0v) is 12.2. The van der Waals surface area contributed by atoms with Crippen molar-refractivity contribution in [2.45, 2.75) is 18.9 Å². The normalized spacial score (nSPS) is 22.4. The van der Waals surface area contributed by atoms with Crippen LogP contribution in [-0.2, 0) is 9.53 Å². The van der Waals surface area contributed by atoms with Crippen LogP contribution in [0.15, 0.2) is 12.4 Å². The van der Waals surface area contributed by atoms with E-state index < -0.39 is 6.10 Å². The van der Waals surface area contributed by atoms with E-state index in [-0.39, 0.29) is 5.91 Å². The minimum absolute atomic E-state index is 0.0886. The molecule has 7 nitrogen and oxygen atoms in total. The number of rotatable bonds is 3. The van der Waals surface area contributed by atoms with Crippen LogP contribution in [-0.4, -0.2) is 66.8 Å². The van der Waals surface area contributed by atoms with Crippen LogP contribution in [0.25, 0.3) is 0 Å². The van der Waals surface area contributed by atoms with Gasteiger partial charge in [0.2, 0.25) is 5.95 Å². The molecule has 3 rings (SSSR count). The second kappa shape index (κ2) is 6.26. The number of anilines is 1. The molecule has 1 unspecified atom stereocenters. The van der Waals surface area contributed by atoms with Crippen LogP contribution in [0.2, 0.25) is 0 Å². The van der Waals surface area contributed by atoms with E-state index in [1.165, 1.54) is 0 Å². The van der Waals surface area contributed by atoms with E-state index in [1.54, 1.807) is 19.5 Å². The lowest BCUT2D eigenvalue weighted by molar-refractivity contribution is -0.143. The average molecular weight is 292 g/mol. The van der Waals surface area contributed by atoms with Crippen LogP contribution in [0.3, 0.4) is 0 Å². The molecule has 1 aromatic rings. The van der Waals surface area contributed by atoms with E-state index >= 15 is 0 Å². The number of amides is 1. The fourth-order valence-electron chi connectivity index (χ4n) is 2.70. The summed E-state index contributed by atoms with van der Waals surface area (Å²) in [6.07, 6.45) is 5.03. The maximum atomic E-state index is 12.4. The van der Waals surface area contributed by atoms with Crippen LogP contribution in [0, 0.1) is 0 Å². The standard InChI is InChI=1S/C14H20N4O3/c1-20-11-8-15-14(16-9-11)18-6-7-21-12(10-18)13(19)17-4-2-3-5-17/h8-9,12H,2-7,10H2,1H3. The van der Waals surface area contributed by atoms with E-state index in [0.717, 1.165) is 25.9 Å². The molecular weight excluding hydrogens is 272 g/mol. The van der Waals surface area contributed by atoms with Gasteiger partial charge in [-0.05, 0) is 12.8 Å². The molecule has 0 radical (unpaired) electrons. The summed E-state index contributed by atoms with van der Waals surface area (Å²) in [5, 5.41) is 0. The second-order valence-electron chi connectivity index (χ2n) is 5.26. The van der Waals surface area contributed by atoms with Crippen molar-refractivity contribution in [2.24, 2.45) is 0 Å². The summed E-state index contributed by atoms with van der Waals surface area (Å²) in [6, 6.07) is 0. The highest BCUT2D eigenvalue weighted by Crippen LogP contribution is 2.18. The van der Waals surface area contributed by atoms with Gasteiger partial charge >= 0.3 is 0 Å². The number of methoxy groups -OCH3 is 1. The van der Waals surface area contributed by atoms with Crippen molar-refractivity contribution < 1.29 is 14.3 Å². The highest BCUT2D eigenvalue weighted by atomic mass is 16.5. The van der Waals surface area contributed by atoms with Gasteiger partial charge < -0.3 is 19.3 Å². The maximum Gasteiger partial charge on any atom is 0.253 e. The Hall–Kier alpha value is -1.89. The molecule has 21 heavy (non-hydrogen) atoms. The molecule has 0 bridgehead atoms. The summed E-state index contributed by atoms with van der Waals surface area (Å²) in [5.74, 6) is 1.32. The van der Waals surface area contributed by atoms with Gasteiger partial charge in [0.15, 0.2) is 11.9 Å². The number of morpholine rings is 1. The van der Waals surface area contributed by atoms with E-state index in [4.69, 9.17) is 9.47 Å². The Bertz CT molecular complexity index is 487. The third-order valence-electron chi connectivity index (χ3n) is 3.89. The van der Waals surface area contributed by atoms with Crippen molar-refractivity contribution in [1.82, 2.24) is 14.9 Å². The van der Waals surface area contributed by atoms with Gasteiger partial charge in [-0.2, -0.15) is 0 Å². The first-order chi connectivity index (χ1) is 10.3. The van der Waals surface area contributed by atoms with Crippen LogP contribution < -0.4 is 9.64 Å². The summed E-state index contributed by atoms with van der Waals surface area (Å²) in [5.41, 5.74) is 0. The minimum Gasteiger partial charge on any atom is -0.494 e. The molecule has 0 saturated carbocycles. The zero-order valence-electron chi connectivity index (χ0n) is 12.2. The number of carbonyl (C=O) groups is 1. The summed E-state index contributed by atoms with van der Waals surface area (Å²) >= 11 is 0. The first-order valence-corrected chi connectivity index (χ1v) is 7.29. The predicted octanol–water partition coefficient (Wildman–Crippen LogP) is 0.313. The summed E-state index contributed by atoms with van der Waals surface area (Å²) in [6.45, 7) is 3.40. The summed E-state index contributed by atoms with van der Waals surface area (Å²) in [7, 11) is 1.58. The smallest absolute Gasteiger partial charge is 0.253 e. The van der Waals surface area contributed by atoms with Crippen LogP contribution in [0.1, 0.15) is 12.8 Å². The minimum atomic E-state index is -0.414. The molecule has 2 aliphatic rings. The predicted molar refractivity (Wildman–Crippen MR) is 76.4 cm³/mol. The number of ether oxygens (including phenoxy) is 2. The Morgan fingerprint density at radius 3 is 2.67 bits per heavy atom. The number of aromatic nitrogens is 2. The number of hydrogen-bond donors (Lipinski definition) is 0. The monoisotopic (exact) mass is 292 g/mol. The SMILES string of the molecule is COc1cnc(N2CCOC(C(=O)N3CCCC3)C2)nc1. The highest BCUT2D eigenvalue weighted by Gasteiger charge is 2.32. The Labute approximate surface area is 123 Å². The van der Waals surface area contributed by atoms with E-state index in [0.29, 0.717) is 31.4 Å². The first-order valence-electron chi connectivity index (χ1n) is 7.29. The molecule has 0 N–H and O–H groups in total. The number of hydrogen-bond acceptors (Lipinski definition) is 6. The van der Waals surface area contributed by atoms with Gasteiger partial charge in [-0.3, -0.25) is 4.79 Å². The molecule has 1 atom stereocenters. The second-order valence-corrected chi connectivity index (χ2v) is 5.26. The van der Waals surface area contributed by atoms with Gasteiger partial charge in [0, 0.05) is 19.6 Å². The molecule has 7 heteroatoms. The number of carbonyl (C=O) groups excluding carboxylic acids is 1. The maximum absolute atomic E-state index is 12.4. The fraction of sp³-hybridized carbons (Fsp3) is 0.643. The van der Waals surface area contributed by atoms with Gasteiger partial charge in [0.1, 0.15) is 0 Å². The molecular formula is C14H20N4O3. The Kier molecular flexibility index (Phi) is 4.19. The van der Waals surface area contributed by atoms with Gasteiger partial charge in [0.25, 0.3) is 5.91 Å². The lowest BCUT2D eigenvalue weighted by Gasteiger charge is -2.33. The lowest BCUT2D eigenvalue weighted by atomic mass is 10.2. The van der Waals surface area contributed by atoms with E-state index in [1.807, 2.05) is 9.80 Å². The van der Waals surface area contributed by atoms with E-state index in [2.05, 4.69) is 9.97 Å². The summed E-state index contributed by atoms with van der Waals surface area (Å²) < 4.78 is 10.7. The van der Waals surface area contributed by atoms with Crippen molar-refractivity contribution in [1.29, 1.82) is 0 Å². The Morgan fingerprint density at radius 2 is 2.00 bits per heavy atom. The van der Waals surface area contributed by atoms with Crippen LogP contribution >= 0.6 is 0 Å². The van der Waals surface area contributed by atoms with Gasteiger partial charge in [-0.1, -0.05) is 0 Å². The molecule has 2 fully saturated rings. The number of likely N-dealkylation sites (tertiary alicyclic amines) is 1. The Morgan fingerprint density at radius 1 is 1.29 bits per heavy atom. The molecule has 0 aromatic carbocycles. The molecule has 2 aliphatic heterocycles. The molecule has 1 aromatic heterocycles. The van der Waals surface area contributed by atoms with Gasteiger partial charge in [-0.15, -0.1) is 0 Å². The Balaban J connectivity index is 1.65. The fourth-order valence-corrected chi connectivity index (χ4v) is 2.70. The summed E-state index contributed by atoms with van der Waals surface area (Å²) in [4.78, 5) is 24.8. The average Bonchev–Trinajstić information content (AvgIpc) is 3.09. The molecule has 2 saturated heterocycles. The largest absolute Gasteiger partial charge is 0.494 e. The van der Waals surface area contributed by atoms with Gasteiger partial charge in [0.05, 0.1) is 32.7 Å². The van der Waals surface area contributed by atoms with Crippen molar-refractivity contribution >= 4 is 11.9 Å². The van der Waals surface area contributed by atoms with Crippen LogP contribution in [0.4, 0.5) is 5.95 Å². The molecule has 1 amide bonds. The number of nitrogens with zero attached hydrogens (tertiary/aromatic N) is 4. The molecule has 0 aliphatic carbocycles. The molecule has 3 heterocycles. The van der Waals surface area contributed by atoms with Crippen molar-refractivity contribution in [3.8, 4) is 5.75 Å². The van der Waals surface area contributed by atoms with Crippen LogP contribution in [0.5, 0.6) is 5.75 Å².